The van der Waals surface area contributed by atoms with Gasteiger partial charge in [0.15, 0.2) is 5.96 Å². The summed E-state index contributed by atoms with van der Waals surface area (Å²) in [6.45, 7) is 3.49. The first-order valence-electron chi connectivity index (χ1n) is 7.52. The molecule has 5 nitrogen and oxygen atoms in total. The lowest BCUT2D eigenvalue weighted by Crippen LogP contribution is -2.45. The molecule has 2 aromatic rings. The van der Waals surface area contributed by atoms with Crippen molar-refractivity contribution in [1.82, 2.24) is 10.6 Å². The third kappa shape index (κ3) is 5.54. The summed E-state index contributed by atoms with van der Waals surface area (Å²) in [6.07, 6.45) is 3.31. The third-order valence-electron chi connectivity index (χ3n) is 3.27. The first kappa shape index (κ1) is 16.6. The van der Waals surface area contributed by atoms with E-state index < -0.39 is 0 Å². The van der Waals surface area contributed by atoms with Crippen molar-refractivity contribution >= 4 is 17.3 Å². The largest absolute Gasteiger partial charge is 0.469 e. The van der Waals surface area contributed by atoms with Crippen LogP contribution in [0, 0.1) is 0 Å². The van der Waals surface area contributed by atoms with E-state index in [1.165, 1.54) is 4.88 Å². The van der Waals surface area contributed by atoms with Gasteiger partial charge in [-0.15, -0.1) is 11.3 Å². The molecule has 2 aromatic heterocycles. The first-order valence-corrected chi connectivity index (χ1v) is 8.40. The van der Waals surface area contributed by atoms with Crippen LogP contribution in [0.5, 0.6) is 0 Å². The molecule has 0 saturated carbocycles. The van der Waals surface area contributed by atoms with Crippen LogP contribution in [0.3, 0.4) is 0 Å². The number of hydrogen-bond acceptors (Lipinski definition) is 4. The minimum atomic E-state index is 0.0122. The van der Waals surface area contributed by atoms with Crippen molar-refractivity contribution in [3.63, 3.8) is 0 Å². The quantitative estimate of drug-likeness (QED) is 0.516. The zero-order chi connectivity index (χ0) is 15.6. The van der Waals surface area contributed by atoms with Gasteiger partial charge in [0.25, 0.3) is 0 Å². The normalized spacial score (nSPS) is 13.1. The zero-order valence-corrected chi connectivity index (χ0v) is 13.6. The predicted octanol–water partition coefficient (Wildman–Crippen LogP) is 2.39. The second-order valence-corrected chi connectivity index (χ2v) is 5.96. The van der Waals surface area contributed by atoms with Crippen molar-refractivity contribution in [3.8, 4) is 0 Å². The van der Waals surface area contributed by atoms with Gasteiger partial charge in [0.05, 0.1) is 25.5 Å². The highest BCUT2D eigenvalue weighted by atomic mass is 32.1. The lowest BCUT2D eigenvalue weighted by atomic mass is 10.2. The van der Waals surface area contributed by atoms with Gasteiger partial charge in [-0.2, -0.15) is 0 Å². The summed E-state index contributed by atoms with van der Waals surface area (Å²) in [6, 6.07) is 7.95. The molecule has 0 aliphatic rings. The van der Waals surface area contributed by atoms with E-state index in [0.717, 1.165) is 31.1 Å². The zero-order valence-electron chi connectivity index (χ0n) is 12.8. The lowest BCUT2D eigenvalue weighted by Gasteiger charge is -2.18. The maximum absolute atomic E-state index is 9.34. The molecule has 0 saturated heterocycles. The highest BCUT2D eigenvalue weighted by Crippen LogP contribution is 2.09. The second-order valence-electron chi connectivity index (χ2n) is 4.93. The summed E-state index contributed by atoms with van der Waals surface area (Å²) in [7, 11) is 0. The maximum atomic E-state index is 9.34. The van der Waals surface area contributed by atoms with Gasteiger partial charge < -0.3 is 20.2 Å². The Morgan fingerprint density at radius 3 is 2.95 bits per heavy atom. The number of rotatable bonds is 8. The molecule has 22 heavy (non-hydrogen) atoms. The number of aliphatic hydroxyl groups is 1. The molecular weight excluding hydrogens is 298 g/mol. The van der Waals surface area contributed by atoms with E-state index in [9.17, 15) is 5.11 Å². The molecule has 0 aromatic carbocycles. The minimum Gasteiger partial charge on any atom is -0.469 e. The molecule has 3 N–H and O–H groups in total. The van der Waals surface area contributed by atoms with E-state index in [1.54, 1.807) is 17.6 Å². The minimum absolute atomic E-state index is 0.0122. The average Bonchev–Trinajstić information content (AvgIpc) is 3.22. The Labute approximate surface area is 135 Å². The van der Waals surface area contributed by atoms with Gasteiger partial charge in [0.1, 0.15) is 5.76 Å². The van der Waals surface area contributed by atoms with Crippen LogP contribution < -0.4 is 10.6 Å². The van der Waals surface area contributed by atoms with E-state index in [-0.39, 0.29) is 12.6 Å². The highest BCUT2D eigenvalue weighted by Gasteiger charge is 2.07. The molecule has 120 valence electrons. The van der Waals surface area contributed by atoms with Crippen molar-refractivity contribution < 1.29 is 9.52 Å². The average molecular weight is 321 g/mol. The Hall–Kier alpha value is -1.79. The van der Waals surface area contributed by atoms with Crippen LogP contribution in [0.2, 0.25) is 0 Å². The highest BCUT2D eigenvalue weighted by molar-refractivity contribution is 7.09. The number of thiophene rings is 1. The fourth-order valence-corrected chi connectivity index (χ4v) is 2.57. The summed E-state index contributed by atoms with van der Waals surface area (Å²) in [5, 5.41) is 17.9. The van der Waals surface area contributed by atoms with Gasteiger partial charge in [-0.05, 0) is 30.0 Å². The number of furan rings is 1. The summed E-state index contributed by atoms with van der Waals surface area (Å²) < 4.78 is 5.32. The molecule has 0 unspecified atom stereocenters. The summed E-state index contributed by atoms with van der Waals surface area (Å²) in [5.74, 6) is 1.67. The monoisotopic (exact) mass is 321 g/mol. The molecule has 0 aliphatic carbocycles. The van der Waals surface area contributed by atoms with E-state index >= 15 is 0 Å². The van der Waals surface area contributed by atoms with E-state index in [2.05, 4.69) is 21.7 Å². The Morgan fingerprint density at radius 1 is 1.41 bits per heavy atom. The van der Waals surface area contributed by atoms with Crippen molar-refractivity contribution in [3.05, 3.63) is 46.5 Å². The van der Waals surface area contributed by atoms with Crippen molar-refractivity contribution in [2.75, 3.05) is 13.2 Å². The Balaban J connectivity index is 1.89. The third-order valence-corrected chi connectivity index (χ3v) is 4.13. The molecule has 0 fully saturated rings. The van der Waals surface area contributed by atoms with Gasteiger partial charge in [0.2, 0.25) is 0 Å². The fourth-order valence-electron chi connectivity index (χ4n) is 1.94. The standard InChI is InChI=1S/C16H23N3O2S/c1-2-13(12-20)19-16(18-11-15-6-4-10-22-15)17-8-7-14-5-3-9-21-14/h3-6,9-10,13,20H,2,7-8,11-12H2,1H3,(H2,17,18,19)/t13-/m1/s1. The Bertz CT molecular complexity index is 534. The van der Waals surface area contributed by atoms with Gasteiger partial charge in [-0.3, -0.25) is 0 Å². The molecular formula is C16H23N3O2S. The SMILES string of the molecule is CC[C@H](CO)NC(=NCc1cccs1)NCCc1ccco1. The molecule has 0 radical (unpaired) electrons. The molecule has 0 bridgehead atoms. The van der Waals surface area contributed by atoms with Crippen molar-refractivity contribution in [1.29, 1.82) is 0 Å². The van der Waals surface area contributed by atoms with E-state index in [0.29, 0.717) is 6.54 Å². The van der Waals surface area contributed by atoms with Gasteiger partial charge in [0, 0.05) is 17.8 Å². The Morgan fingerprint density at radius 2 is 2.32 bits per heavy atom. The van der Waals surface area contributed by atoms with Crippen LogP contribution in [0.4, 0.5) is 0 Å². The molecule has 0 amide bonds. The van der Waals surface area contributed by atoms with Gasteiger partial charge >= 0.3 is 0 Å². The van der Waals surface area contributed by atoms with Gasteiger partial charge in [-0.1, -0.05) is 13.0 Å². The Kier molecular flexibility index (Phi) is 6.99. The summed E-state index contributed by atoms with van der Waals surface area (Å²) in [5.41, 5.74) is 0. The van der Waals surface area contributed by atoms with E-state index in [1.807, 2.05) is 30.5 Å². The fraction of sp³-hybridized carbons (Fsp3) is 0.438. The molecule has 2 heterocycles. The number of aliphatic imine (C=N–C) groups is 1. The van der Waals surface area contributed by atoms with Crippen LogP contribution >= 0.6 is 11.3 Å². The van der Waals surface area contributed by atoms with Crippen molar-refractivity contribution in [2.45, 2.75) is 32.4 Å². The van der Waals surface area contributed by atoms with Crippen LogP contribution in [0.1, 0.15) is 24.0 Å². The van der Waals surface area contributed by atoms with Crippen LogP contribution in [0.15, 0.2) is 45.3 Å². The lowest BCUT2D eigenvalue weighted by molar-refractivity contribution is 0.251. The van der Waals surface area contributed by atoms with Crippen LogP contribution in [-0.2, 0) is 13.0 Å². The number of nitrogens with one attached hydrogen (secondary N) is 2. The summed E-state index contributed by atoms with van der Waals surface area (Å²) >= 11 is 1.69. The predicted molar refractivity (Wildman–Crippen MR) is 90.2 cm³/mol. The smallest absolute Gasteiger partial charge is 0.191 e. The molecule has 0 aliphatic heterocycles. The summed E-state index contributed by atoms with van der Waals surface area (Å²) in [4.78, 5) is 5.80. The number of nitrogens with zero attached hydrogens (tertiary/aromatic N) is 1. The second kappa shape index (κ2) is 9.27. The number of guanidine groups is 1. The molecule has 1 atom stereocenters. The van der Waals surface area contributed by atoms with E-state index in [4.69, 9.17) is 4.42 Å². The maximum Gasteiger partial charge on any atom is 0.191 e. The number of hydrogen-bond donors (Lipinski definition) is 3. The number of aliphatic hydroxyl groups excluding tert-OH is 1. The van der Waals surface area contributed by atoms with Crippen LogP contribution in [-0.4, -0.2) is 30.3 Å². The molecule has 0 spiro atoms. The van der Waals surface area contributed by atoms with Crippen LogP contribution in [0.25, 0.3) is 0 Å². The topological polar surface area (TPSA) is 69.8 Å². The molecule has 2 rings (SSSR count). The van der Waals surface area contributed by atoms with Gasteiger partial charge in [-0.25, -0.2) is 4.99 Å². The molecule has 6 heteroatoms. The van der Waals surface area contributed by atoms with Crippen molar-refractivity contribution in [2.24, 2.45) is 4.99 Å². The first-order chi connectivity index (χ1) is 10.8.